The third-order valence-corrected chi connectivity index (χ3v) is 5.14. The quantitative estimate of drug-likeness (QED) is 0.854. The highest BCUT2D eigenvalue weighted by Gasteiger charge is 2.52. The zero-order valence-electron chi connectivity index (χ0n) is 12.4. The Kier molecular flexibility index (Phi) is 3.91. The fourth-order valence-corrected chi connectivity index (χ4v) is 3.86. The molecule has 1 unspecified atom stereocenters. The molecule has 0 bridgehead atoms. The van der Waals surface area contributed by atoms with Crippen LogP contribution in [0.3, 0.4) is 0 Å². The number of piperidine rings is 1. The van der Waals surface area contributed by atoms with Gasteiger partial charge in [-0.2, -0.15) is 0 Å². The summed E-state index contributed by atoms with van der Waals surface area (Å²) in [5.74, 6) is 0. The summed E-state index contributed by atoms with van der Waals surface area (Å²) in [4.78, 5) is 16.0. The molecular weight excluding hydrogens is 256 g/mol. The number of ether oxygens (including phenoxy) is 1. The van der Waals surface area contributed by atoms with Crippen LogP contribution in [-0.4, -0.2) is 64.9 Å². The van der Waals surface area contributed by atoms with Crippen LogP contribution in [0.15, 0.2) is 0 Å². The van der Waals surface area contributed by atoms with Gasteiger partial charge in [0.2, 0.25) is 0 Å². The Balaban J connectivity index is 1.54. The van der Waals surface area contributed by atoms with Crippen molar-refractivity contribution in [2.24, 2.45) is 0 Å². The van der Waals surface area contributed by atoms with E-state index in [4.69, 9.17) is 4.74 Å². The first-order valence-electron chi connectivity index (χ1n) is 8.04. The molecule has 0 radical (unpaired) electrons. The zero-order valence-corrected chi connectivity index (χ0v) is 12.4. The van der Waals surface area contributed by atoms with E-state index in [0.29, 0.717) is 18.7 Å². The first-order valence-corrected chi connectivity index (χ1v) is 8.04. The van der Waals surface area contributed by atoms with Crippen molar-refractivity contribution >= 4 is 6.09 Å². The molecule has 3 rings (SSSR count). The van der Waals surface area contributed by atoms with Crippen molar-refractivity contribution in [3.05, 3.63) is 0 Å². The third-order valence-electron chi connectivity index (χ3n) is 5.14. The molecule has 3 fully saturated rings. The third kappa shape index (κ3) is 2.66. The number of amides is 1. The van der Waals surface area contributed by atoms with Crippen LogP contribution in [0, 0.1) is 0 Å². The maximum Gasteiger partial charge on any atom is 0.409 e. The first-order chi connectivity index (χ1) is 9.64. The minimum atomic E-state index is -0.394. The van der Waals surface area contributed by atoms with Crippen molar-refractivity contribution in [1.29, 1.82) is 0 Å². The number of carbonyl (C=O) groups is 1. The molecule has 2 aliphatic heterocycles. The Morgan fingerprint density at radius 3 is 2.55 bits per heavy atom. The second-order valence-corrected chi connectivity index (χ2v) is 6.42. The Labute approximate surface area is 120 Å². The highest BCUT2D eigenvalue weighted by atomic mass is 16.6. The van der Waals surface area contributed by atoms with Gasteiger partial charge in [0.15, 0.2) is 0 Å². The standard InChI is InChI=1S/C15H26N2O3/c1-2-20-14(18)16-10-5-12(6-11-16)17-9-3-4-13(17)15(19)7-8-15/h12-13,19H,2-11H2,1H3. The van der Waals surface area contributed by atoms with Crippen LogP contribution < -0.4 is 0 Å². The number of carbonyl (C=O) groups excluding carboxylic acids is 1. The molecule has 1 atom stereocenters. The number of rotatable bonds is 3. The van der Waals surface area contributed by atoms with E-state index in [1.807, 2.05) is 11.8 Å². The van der Waals surface area contributed by atoms with Crippen molar-refractivity contribution in [2.75, 3.05) is 26.2 Å². The number of hydrogen-bond donors (Lipinski definition) is 1. The molecule has 0 aromatic rings. The summed E-state index contributed by atoms with van der Waals surface area (Å²) in [5.41, 5.74) is -0.394. The summed E-state index contributed by atoms with van der Waals surface area (Å²) in [5, 5.41) is 10.4. The average molecular weight is 282 g/mol. The van der Waals surface area contributed by atoms with E-state index < -0.39 is 5.60 Å². The van der Waals surface area contributed by atoms with Gasteiger partial charge in [0.25, 0.3) is 0 Å². The van der Waals surface area contributed by atoms with Crippen molar-refractivity contribution in [3.8, 4) is 0 Å². The lowest BCUT2D eigenvalue weighted by atomic mass is 9.99. The first kappa shape index (κ1) is 14.1. The van der Waals surface area contributed by atoms with Crippen LogP contribution in [-0.2, 0) is 4.74 Å². The van der Waals surface area contributed by atoms with Gasteiger partial charge >= 0.3 is 6.09 Å². The number of likely N-dealkylation sites (tertiary alicyclic amines) is 2. The molecule has 20 heavy (non-hydrogen) atoms. The van der Waals surface area contributed by atoms with E-state index in [1.165, 1.54) is 6.42 Å². The van der Waals surface area contributed by atoms with Crippen molar-refractivity contribution in [1.82, 2.24) is 9.80 Å². The topological polar surface area (TPSA) is 53.0 Å². The second-order valence-electron chi connectivity index (χ2n) is 6.42. The summed E-state index contributed by atoms with van der Waals surface area (Å²) in [7, 11) is 0. The minimum absolute atomic E-state index is 0.176. The normalized spacial score (nSPS) is 30.5. The molecule has 1 amide bonds. The van der Waals surface area contributed by atoms with Gasteiger partial charge in [-0.25, -0.2) is 4.79 Å². The molecule has 1 saturated carbocycles. The van der Waals surface area contributed by atoms with Crippen LogP contribution >= 0.6 is 0 Å². The van der Waals surface area contributed by atoms with Gasteiger partial charge in [0.05, 0.1) is 12.2 Å². The fraction of sp³-hybridized carbons (Fsp3) is 0.933. The summed E-state index contributed by atoms with van der Waals surface area (Å²) < 4.78 is 5.06. The van der Waals surface area contributed by atoms with Crippen molar-refractivity contribution < 1.29 is 14.6 Å². The number of hydrogen-bond acceptors (Lipinski definition) is 4. The van der Waals surface area contributed by atoms with Crippen LogP contribution in [0.2, 0.25) is 0 Å². The van der Waals surface area contributed by atoms with E-state index in [0.717, 1.165) is 51.7 Å². The minimum Gasteiger partial charge on any atom is -0.450 e. The molecular formula is C15H26N2O3. The van der Waals surface area contributed by atoms with E-state index in [2.05, 4.69) is 4.90 Å². The average Bonchev–Trinajstić information content (AvgIpc) is 3.02. The predicted octanol–water partition coefficient (Wildman–Crippen LogP) is 1.60. The SMILES string of the molecule is CCOC(=O)N1CCC(N2CCCC2C2(O)CC2)CC1. The van der Waals surface area contributed by atoms with Crippen molar-refractivity contribution in [3.63, 3.8) is 0 Å². The summed E-state index contributed by atoms with van der Waals surface area (Å²) >= 11 is 0. The Morgan fingerprint density at radius 1 is 1.25 bits per heavy atom. The molecule has 3 aliphatic rings. The maximum atomic E-state index is 11.7. The summed E-state index contributed by atoms with van der Waals surface area (Å²) in [6.07, 6.45) is 6.10. The van der Waals surface area contributed by atoms with E-state index >= 15 is 0 Å². The molecule has 114 valence electrons. The lowest BCUT2D eigenvalue weighted by Gasteiger charge is -2.40. The number of aliphatic hydroxyl groups is 1. The summed E-state index contributed by atoms with van der Waals surface area (Å²) in [6.45, 7) is 4.96. The van der Waals surface area contributed by atoms with Gasteiger partial charge in [-0.3, -0.25) is 4.90 Å². The zero-order chi connectivity index (χ0) is 14.2. The second kappa shape index (κ2) is 5.53. The van der Waals surface area contributed by atoms with E-state index in [1.54, 1.807) is 0 Å². The van der Waals surface area contributed by atoms with E-state index in [-0.39, 0.29) is 6.09 Å². The van der Waals surface area contributed by atoms with Gasteiger partial charge < -0.3 is 14.7 Å². The van der Waals surface area contributed by atoms with Crippen molar-refractivity contribution in [2.45, 2.75) is 63.1 Å². The predicted molar refractivity (Wildman–Crippen MR) is 75.5 cm³/mol. The highest BCUT2D eigenvalue weighted by Crippen LogP contribution is 2.45. The van der Waals surface area contributed by atoms with Crippen LogP contribution in [0.5, 0.6) is 0 Å². The Bertz CT molecular complexity index is 362. The van der Waals surface area contributed by atoms with Crippen LogP contribution in [0.4, 0.5) is 4.79 Å². The van der Waals surface area contributed by atoms with Gasteiger partial charge in [0, 0.05) is 25.2 Å². The molecule has 2 saturated heterocycles. The maximum absolute atomic E-state index is 11.7. The molecule has 0 aromatic carbocycles. The lowest BCUT2D eigenvalue weighted by molar-refractivity contribution is 0.0123. The molecule has 2 heterocycles. The molecule has 0 aromatic heterocycles. The molecule has 0 spiro atoms. The Hall–Kier alpha value is -0.810. The molecule has 5 heteroatoms. The van der Waals surface area contributed by atoms with E-state index in [9.17, 15) is 9.90 Å². The Morgan fingerprint density at radius 2 is 1.95 bits per heavy atom. The van der Waals surface area contributed by atoms with Gasteiger partial charge in [0.1, 0.15) is 0 Å². The monoisotopic (exact) mass is 282 g/mol. The van der Waals surface area contributed by atoms with Crippen LogP contribution in [0.1, 0.15) is 45.4 Å². The lowest BCUT2D eigenvalue weighted by Crippen LogP contribution is -2.51. The van der Waals surface area contributed by atoms with Gasteiger partial charge in [-0.15, -0.1) is 0 Å². The molecule has 5 nitrogen and oxygen atoms in total. The van der Waals surface area contributed by atoms with Gasteiger partial charge in [-0.1, -0.05) is 0 Å². The highest BCUT2D eigenvalue weighted by molar-refractivity contribution is 5.67. The fourth-order valence-electron chi connectivity index (χ4n) is 3.86. The largest absolute Gasteiger partial charge is 0.450 e. The summed E-state index contributed by atoms with van der Waals surface area (Å²) in [6, 6.07) is 0.888. The smallest absolute Gasteiger partial charge is 0.409 e. The van der Waals surface area contributed by atoms with Crippen LogP contribution in [0.25, 0.3) is 0 Å². The van der Waals surface area contributed by atoms with Gasteiger partial charge in [-0.05, 0) is 52.0 Å². The molecule has 1 aliphatic carbocycles. The number of nitrogens with zero attached hydrogens (tertiary/aromatic N) is 2. The molecule has 1 N–H and O–H groups in total.